The van der Waals surface area contributed by atoms with Crippen molar-refractivity contribution in [1.82, 2.24) is 10.3 Å². The zero-order chi connectivity index (χ0) is 24.5. The van der Waals surface area contributed by atoms with Gasteiger partial charge in [0.15, 0.2) is 5.82 Å². The van der Waals surface area contributed by atoms with Crippen LogP contribution >= 0.6 is 11.6 Å². The second-order valence-electron chi connectivity index (χ2n) is 7.58. The number of amides is 1. The highest BCUT2D eigenvalue weighted by Crippen LogP contribution is 2.23. The first-order valence-corrected chi connectivity index (χ1v) is 12.6. The van der Waals surface area contributed by atoms with Crippen LogP contribution in [0, 0.1) is 0 Å². The van der Waals surface area contributed by atoms with Crippen molar-refractivity contribution in [2.45, 2.75) is 25.8 Å². The van der Waals surface area contributed by atoms with Crippen molar-refractivity contribution in [3.05, 3.63) is 83.0 Å². The van der Waals surface area contributed by atoms with Crippen molar-refractivity contribution < 1.29 is 18.9 Å². The highest BCUT2D eigenvalue weighted by molar-refractivity contribution is 7.92. The number of nitrogens with zero attached hydrogens (tertiary/aromatic N) is 1. The van der Waals surface area contributed by atoms with Crippen LogP contribution in [0.2, 0.25) is 5.02 Å². The second kappa shape index (κ2) is 12.4. The van der Waals surface area contributed by atoms with Gasteiger partial charge in [-0.25, -0.2) is 4.98 Å². The highest BCUT2D eigenvalue weighted by atomic mass is 35.5. The smallest absolute Gasteiger partial charge is 0.307 e. The Bertz CT molecular complexity index is 1110. The fourth-order valence-corrected chi connectivity index (χ4v) is 3.99. The van der Waals surface area contributed by atoms with E-state index in [0.29, 0.717) is 22.8 Å². The summed E-state index contributed by atoms with van der Waals surface area (Å²) in [5.41, 5.74) is 3.32. The van der Waals surface area contributed by atoms with E-state index in [4.69, 9.17) is 16.3 Å². The van der Waals surface area contributed by atoms with Gasteiger partial charge in [0.1, 0.15) is 6.26 Å². The molecule has 1 amide bonds. The van der Waals surface area contributed by atoms with Crippen LogP contribution in [0.15, 0.2) is 66.9 Å². The van der Waals surface area contributed by atoms with Gasteiger partial charge in [0.25, 0.3) is 5.91 Å². The Morgan fingerprint density at radius 2 is 1.88 bits per heavy atom. The summed E-state index contributed by atoms with van der Waals surface area (Å²) in [6.07, 6.45) is 3.37. The van der Waals surface area contributed by atoms with Crippen LogP contribution in [0.25, 0.3) is 11.1 Å². The lowest BCUT2D eigenvalue weighted by Gasteiger charge is -2.18. The summed E-state index contributed by atoms with van der Waals surface area (Å²) in [5.74, 6) is -0.340. The molecule has 2 atom stereocenters. The molecule has 3 rings (SSSR count). The van der Waals surface area contributed by atoms with E-state index in [0.717, 1.165) is 16.7 Å². The summed E-state index contributed by atoms with van der Waals surface area (Å²) >= 11 is 4.83. The number of nitrogens with one attached hydrogen (secondary N) is 2. The van der Waals surface area contributed by atoms with Crippen molar-refractivity contribution in [3.8, 4) is 11.1 Å². The number of halogens is 1. The molecule has 0 aliphatic carbocycles. The highest BCUT2D eigenvalue weighted by Gasteiger charge is 2.19. The molecule has 1 aromatic heterocycles. The Balaban J connectivity index is 1.71. The SMILES string of the molecule is CCOC(=O)C[C@@H](Cc1ccc(-c2cccc(Cl)c2)cc1)NC(=O)c1ccc(N[S+](C)[O-])nc1. The van der Waals surface area contributed by atoms with Crippen LogP contribution < -0.4 is 10.0 Å². The lowest BCUT2D eigenvalue weighted by Crippen LogP contribution is -2.38. The van der Waals surface area contributed by atoms with E-state index < -0.39 is 17.4 Å². The average molecular weight is 500 g/mol. The topological polar surface area (TPSA) is 103 Å². The molecule has 1 heterocycles. The maximum Gasteiger partial charge on any atom is 0.307 e. The number of carbonyl (C=O) groups is 2. The Hall–Kier alpha value is -3.07. The first-order chi connectivity index (χ1) is 16.3. The summed E-state index contributed by atoms with van der Waals surface area (Å²) in [7, 11) is 0. The summed E-state index contributed by atoms with van der Waals surface area (Å²) in [4.78, 5) is 29.0. The predicted molar refractivity (Wildman–Crippen MR) is 135 cm³/mol. The molecular weight excluding hydrogens is 474 g/mol. The van der Waals surface area contributed by atoms with Crippen LogP contribution in [0.1, 0.15) is 29.3 Å². The third-order valence-electron chi connectivity index (χ3n) is 4.92. The third-order valence-corrected chi connectivity index (χ3v) is 5.65. The predicted octanol–water partition coefficient (Wildman–Crippen LogP) is 4.40. The molecule has 9 heteroatoms. The molecule has 0 saturated heterocycles. The molecule has 0 spiro atoms. The van der Waals surface area contributed by atoms with Crippen LogP contribution in [0.4, 0.5) is 5.82 Å². The van der Waals surface area contributed by atoms with Gasteiger partial charge in [-0.2, -0.15) is 4.72 Å². The zero-order valence-electron chi connectivity index (χ0n) is 18.9. The summed E-state index contributed by atoms with van der Waals surface area (Å²) in [6.45, 7) is 2.01. The summed E-state index contributed by atoms with van der Waals surface area (Å²) in [5, 5.41) is 3.57. The van der Waals surface area contributed by atoms with Crippen molar-refractivity contribution in [2.24, 2.45) is 0 Å². The van der Waals surface area contributed by atoms with E-state index in [-0.39, 0.29) is 24.9 Å². The minimum atomic E-state index is -1.26. The molecule has 0 radical (unpaired) electrons. The van der Waals surface area contributed by atoms with Crippen LogP contribution in [-0.4, -0.2) is 40.3 Å². The number of anilines is 1. The molecule has 7 nitrogen and oxygen atoms in total. The van der Waals surface area contributed by atoms with Gasteiger partial charge in [-0.3, -0.25) is 9.59 Å². The number of ether oxygens (including phenoxy) is 1. The Labute approximate surface area is 207 Å². The Kier molecular flexibility index (Phi) is 9.33. The number of rotatable bonds is 10. The van der Waals surface area contributed by atoms with Gasteiger partial charge in [-0.1, -0.05) is 48.0 Å². The maximum absolute atomic E-state index is 12.8. The molecule has 2 N–H and O–H groups in total. The number of hydrogen-bond donors (Lipinski definition) is 2. The lowest BCUT2D eigenvalue weighted by molar-refractivity contribution is -0.143. The molecule has 34 heavy (non-hydrogen) atoms. The first kappa shape index (κ1) is 25.6. The van der Waals surface area contributed by atoms with Gasteiger partial charge in [0.05, 0.1) is 30.0 Å². The fourth-order valence-electron chi connectivity index (χ4n) is 3.39. The van der Waals surface area contributed by atoms with Crippen molar-refractivity contribution in [1.29, 1.82) is 0 Å². The Morgan fingerprint density at radius 1 is 1.12 bits per heavy atom. The van der Waals surface area contributed by atoms with Gasteiger partial charge in [0, 0.05) is 17.3 Å². The summed E-state index contributed by atoms with van der Waals surface area (Å²) < 4.78 is 19.0. The number of benzene rings is 2. The lowest BCUT2D eigenvalue weighted by atomic mass is 9.99. The molecule has 1 unspecified atom stereocenters. The van der Waals surface area contributed by atoms with E-state index in [1.54, 1.807) is 19.1 Å². The largest absolute Gasteiger partial charge is 0.593 e. The number of hydrogen-bond acceptors (Lipinski definition) is 6. The molecule has 0 fully saturated rings. The molecule has 0 saturated carbocycles. The fraction of sp³-hybridized carbons (Fsp3) is 0.240. The van der Waals surface area contributed by atoms with E-state index in [1.165, 1.54) is 12.5 Å². The van der Waals surface area contributed by atoms with Gasteiger partial charge in [-0.15, -0.1) is 0 Å². The minimum Gasteiger partial charge on any atom is -0.593 e. The molecule has 178 valence electrons. The molecule has 2 aromatic carbocycles. The van der Waals surface area contributed by atoms with E-state index in [2.05, 4.69) is 15.0 Å². The number of carbonyl (C=O) groups excluding carboxylic acids is 2. The van der Waals surface area contributed by atoms with Crippen molar-refractivity contribution in [3.63, 3.8) is 0 Å². The number of pyridine rings is 1. The van der Waals surface area contributed by atoms with Gasteiger partial charge in [0.2, 0.25) is 0 Å². The Morgan fingerprint density at radius 3 is 2.50 bits per heavy atom. The molecular formula is C25H26ClN3O4S. The second-order valence-corrected chi connectivity index (χ2v) is 9.13. The van der Waals surface area contributed by atoms with Gasteiger partial charge >= 0.3 is 5.97 Å². The summed E-state index contributed by atoms with van der Waals surface area (Å²) in [6, 6.07) is 18.2. The zero-order valence-corrected chi connectivity index (χ0v) is 20.5. The van der Waals surface area contributed by atoms with Crippen molar-refractivity contribution >= 4 is 40.7 Å². The van der Waals surface area contributed by atoms with E-state index in [9.17, 15) is 14.1 Å². The molecule has 0 aliphatic rings. The van der Waals surface area contributed by atoms with Crippen molar-refractivity contribution in [2.75, 3.05) is 17.6 Å². The third kappa shape index (κ3) is 7.76. The van der Waals surface area contributed by atoms with E-state index >= 15 is 0 Å². The van der Waals surface area contributed by atoms with Crippen LogP contribution in [0.5, 0.6) is 0 Å². The van der Waals surface area contributed by atoms with Crippen LogP contribution in [0.3, 0.4) is 0 Å². The first-order valence-electron chi connectivity index (χ1n) is 10.7. The normalized spacial score (nSPS) is 12.5. The van der Waals surface area contributed by atoms with E-state index in [1.807, 2.05) is 48.5 Å². The number of aromatic nitrogens is 1. The van der Waals surface area contributed by atoms with Crippen LogP contribution in [-0.2, 0) is 27.3 Å². The van der Waals surface area contributed by atoms with Gasteiger partial charge in [-0.05, 0) is 54.3 Å². The van der Waals surface area contributed by atoms with Gasteiger partial charge < -0.3 is 14.6 Å². The molecule has 0 bridgehead atoms. The average Bonchev–Trinajstić information content (AvgIpc) is 2.79. The molecule has 0 aliphatic heterocycles. The maximum atomic E-state index is 12.8. The molecule has 3 aromatic rings. The monoisotopic (exact) mass is 499 g/mol. The minimum absolute atomic E-state index is 0.0392. The quantitative estimate of drug-likeness (QED) is 0.316. The standard InChI is InChI=1S/C25H26ClN3O4S/c1-3-33-24(30)15-22(28-25(31)20-11-12-23(27-16-20)29-34(2)32)13-17-7-9-18(10-8-17)19-5-4-6-21(26)14-19/h4-12,14,16,22H,3,13,15H2,1-2H3,(H,27,29)(H,28,31)/t22-,34?/m1/s1. The number of esters is 1.